The number of hydrogen-bond donors (Lipinski definition) is 3. The second kappa shape index (κ2) is 9.40. The van der Waals surface area contributed by atoms with Crippen molar-refractivity contribution < 1.29 is 24.2 Å². The van der Waals surface area contributed by atoms with Crippen LogP contribution in [0.1, 0.15) is 61.1 Å². The Morgan fingerprint density at radius 2 is 1.65 bits per heavy atom. The summed E-state index contributed by atoms with van der Waals surface area (Å²) in [4.78, 5) is 39.8. The van der Waals surface area contributed by atoms with Crippen LogP contribution in [0.3, 0.4) is 0 Å². The molecule has 0 spiro atoms. The van der Waals surface area contributed by atoms with Gasteiger partial charge in [-0.05, 0) is 62.7 Å². The highest BCUT2D eigenvalue weighted by molar-refractivity contribution is 6.05. The Kier molecular flexibility index (Phi) is 6.67. The average Bonchev–Trinajstić information content (AvgIpc) is 3.07. The Balaban J connectivity index is 1.59. The van der Waals surface area contributed by atoms with Gasteiger partial charge in [0.25, 0.3) is 5.91 Å². The van der Waals surface area contributed by atoms with E-state index in [2.05, 4.69) is 10.3 Å². The van der Waals surface area contributed by atoms with Crippen LogP contribution in [0.15, 0.2) is 54.6 Å². The first-order valence-corrected chi connectivity index (χ1v) is 9.82. The lowest BCUT2D eigenvalue weighted by molar-refractivity contribution is 0.0468. The SMILES string of the molecule is Cc1[nH]c(C(=O)OCC(=O)c2ccc(NC(=O)c3ccccc3)cc2)c(C)c1[C@@H](C)O. The number of amides is 1. The molecule has 0 aliphatic rings. The summed E-state index contributed by atoms with van der Waals surface area (Å²) in [6.45, 7) is 4.67. The third-order valence-corrected chi connectivity index (χ3v) is 4.95. The Morgan fingerprint density at radius 3 is 2.23 bits per heavy atom. The number of ether oxygens (including phenoxy) is 1. The number of aliphatic hydroxyl groups is 1. The van der Waals surface area contributed by atoms with Crippen LogP contribution < -0.4 is 5.32 Å². The molecule has 0 radical (unpaired) electrons. The Labute approximate surface area is 180 Å². The zero-order valence-corrected chi connectivity index (χ0v) is 17.6. The maximum Gasteiger partial charge on any atom is 0.355 e. The summed E-state index contributed by atoms with van der Waals surface area (Å²) in [6, 6.07) is 15.1. The maximum atomic E-state index is 12.4. The summed E-state index contributed by atoms with van der Waals surface area (Å²) in [7, 11) is 0. The number of esters is 1. The molecule has 3 N–H and O–H groups in total. The van der Waals surface area contributed by atoms with E-state index in [-0.39, 0.29) is 17.4 Å². The van der Waals surface area contributed by atoms with Crippen molar-refractivity contribution >= 4 is 23.3 Å². The fourth-order valence-corrected chi connectivity index (χ4v) is 3.41. The molecule has 7 heteroatoms. The molecular formula is C24H24N2O5. The number of carbonyl (C=O) groups excluding carboxylic acids is 3. The summed E-state index contributed by atoms with van der Waals surface area (Å²) in [5.74, 6) is -1.28. The van der Waals surface area contributed by atoms with Gasteiger partial charge in [0.1, 0.15) is 5.69 Å². The molecule has 0 bridgehead atoms. The van der Waals surface area contributed by atoms with E-state index in [0.717, 1.165) is 0 Å². The van der Waals surface area contributed by atoms with Crippen LogP contribution in [0.2, 0.25) is 0 Å². The predicted octanol–water partition coefficient (Wildman–Crippen LogP) is 3.98. The summed E-state index contributed by atoms with van der Waals surface area (Å²) in [5, 5.41) is 12.6. The van der Waals surface area contributed by atoms with Crippen LogP contribution in [0.4, 0.5) is 5.69 Å². The van der Waals surface area contributed by atoms with E-state index in [9.17, 15) is 19.5 Å². The van der Waals surface area contributed by atoms with Gasteiger partial charge in [0.2, 0.25) is 0 Å². The molecule has 7 nitrogen and oxygen atoms in total. The fraction of sp³-hybridized carbons (Fsp3) is 0.208. The van der Waals surface area contributed by atoms with E-state index in [1.807, 2.05) is 6.07 Å². The molecule has 0 aliphatic carbocycles. The highest BCUT2D eigenvalue weighted by atomic mass is 16.5. The van der Waals surface area contributed by atoms with Crippen molar-refractivity contribution in [2.24, 2.45) is 0 Å². The van der Waals surface area contributed by atoms with Crippen LogP contribution in [-0.2, 0) is 4.74 Å². The topological polar surface area (TPSA) is 108 Å². The van der Waals surface area contributed by atoms with E-state index < -0.39 is 18.7 Å². The minimum Gasteiger partial charge on any atom is -0.453 e. The third kappa shape index (κ3) is 5.07. The monoisotopic (exact) mass is 420 g/mol. The number of Topliss-reactive ketones (excluding diaryl/α,β-unsaturated/α-hetero) is 1. The molecule has 1 atom stereocenters. The van der Waals surface area contributed by atoms with Gasteiger partial charge in [-0.2, -0.15) is 0 Å². The molecule has 0 aliphatic heterocycles. The standard InChI is InChI=1S/C24H24N2O5/c1-14-21(16(3)27)15(2)25-22(14)24(30)31-13-20(28)17-9-11-19(12-10-17)26-23(29)18-7-5-4-6-8-18/h4-12,16,25,27H,13H2,1-3H3,(H,26,29)/t16-/m1/s1. The molecule has 0 saturated carbocycles. The quantitative estimate of drug-likeness (QED) is 0.396. The van der Waals surface area contributed by atoms with Crippen LogP contribution in [-0.4, -0.2) is 34.4 Å². The number of H-pyrrole nitrogens is 1. The zero-order valence-electron chi connectivity index (χ0n) is 17.6. The molecule has 0 fully saturated rings. The van der Waals surface area contributed by atoms with Gasteiger partial charge in [-0.15, -0.1) is 0 Å². The molecule has 1 aromatic heterocycles. The number of rotatable bonds is 7. The van der Waals surface area contributed by atoms with Gasteiger partial charge in [-0.3, -0.25) is 9.59 Å². The number of aromatic amines is 1. The molecule has 31 heavy (non-hydrogen) atoms. The molecule has 0 saturated heterocycles. The normalized spacial score (nSPS) is 11.6. The molecule has 0 unspecified atom stereocenters. The second-order valence-corrected chi connectivity index (χ2v) is 7.24. The van der Waals surface area contributed by atoms with Crippen molar-refractivity contribution in [1.29, 1.82) is 0 Å². The van der Waals surface area contributed by atoms with E-state index in [4.69, 9.17) is 4.74 Å². The van der Waals surface area contributed by atoms with Crippen LogP contribution >= 0.6 is 0 Å². The largest absolute Gasteiger partial charge is 0.453 e. The minimum absolute atomic E-state index is 0.222. The average molecular weight is 420 g/mol. The van der Waals surface area contributed by atoms with Gasteiger partial charge in [0.05, 0.1) is 6.10 Å². The summed E-state index contributed by atoms with van der Waals surface area (Å²) >= 11 is 0. The number of nitrogens with one attached hydrogen (secondary N) is 2. The maximum absolute atomic E-state index is 12.4. The van der Waals surface area contributed by atoms with Crippen molar-refractivity contribution in [2.75, 3.05) is 11.9 Å². The number of aromatic nitrogens is 1. The Hall–Kier alpha value is -3.71. The molecule has 1 amide bonds. The first kappa shape index (κ1) is 22.0. The van der Waals surface area contributed by atoms with Gasteiger partial charge in [-0.1, -0.05) is 18.2 Å². The predicted molar refractivity (Wildman–Crippen MR) is 116 cm³/mol. The zero-order chi connectivity index (χ0) is 22.5. The molecule has 3 aromatic rings. The van der Waals surface area contributed by atoms with Crippen molar-refractivity contribution in [3.63, 3.8) is 0 Å². The smallest absolute Gasteiger partial charge is 0.355 e. The molecular weight excluding hydrogens is 396 g/mol. The lowest BCUT2D eigenvalue weighted by Crippen LogP contribution is -2.16. The number of aryl methyl sites for hydroxylation is 1. The van der Waals surface area contributed by atoms with Gasteiger partial charge in [0, 0.05) is 28.1 Å². The number of carbonyl (C=O) groups is 3. The summed E-state index contributed by atoms with van der Waals surface area (Å²) < 4.78 is 5.15. The highest BCUT2D eigenvalue weighted by Gasteiger charge is 2.21. The number of hydrogen-bond acceptors (Lipinski definition) is 5. The lowest BCUT2D eigenvalue weighted by Gasteiger charge is -2.08. The van der Waals surface area contributed by atoms with Crippen LogP contribution in [0, 0.1) is 13.8 Å². The first-order chi connectivity index (χ1) is 14.8. The molecule has 3 rings (SSSR count). The summed E-state index contributed by atoms with van der Waals surface area (Å²) in [5.41, 5.74) is 3.58. The van der Waals surface area contributed by atoms with Crippen molar-refractivity contribution in [3.05, 3.63) is 88.2 Å². The molecule has 1 heterocycles. The number of benzene rings is 2. The van der Waals surface area contributed by atoms with E-state index in [0.29, 0.717) is 33.6 Å². The Morgan fingerprint density at radius 1 is 1.00 bits per heavy atom. The molecule has 2 aromatic carbocycles. The first-order valence-electron chi connectivity index (χ1n) is 9.82. The molecule has 160 valence electrons. The fourth-order valence-electron chi connectivity index (χ4n) is 3.41. The lowest BCUT2D eigenvalue weighted by atomic mass is 10.1. The van der Waals surface area contributed by atoms with Crippen molar-refractivity contribution in [2.45, 2.75) is 26.9 Å². The number of ketones is 1. The van der Waals surface area contributed by atoms with Gasteiger partial charge in [-0.25, -0.2) is 4.79 Å². The van der Waals surface area contributed by atoms with Gasteiger partial charge < -0.3 is 20.1 Å². The van der Waals surface area contributed by atoms with Crippen molar-refractivity contribution in [1.82, 2.24) is 4.98 Å². The Bertz CT molecular complexity index is 1100. The van der Waals surface area contributed by atoms with Crippen LogP contribution in [0.5, 0.6) is 0 Å². The summed E-state index contributed by atoms with van der Waals surface area (Å²) in [6.07, 6.45) is -0.722. The highest BCUT2D eigenvalue weighted by Crippen LogP contribution is 2.25. The van der Waals surface area contributed by atoms with E-state index >= 15 is 0 Å². The van der Waals surface area contributed by atoms with Gasteiger partial charge >= 0.3 is 5.97 Å². The number of aliphatic hydroxyl groups excluding tert-OH is 1. The van der Waals surface area contributed by atoms with Crippen LogP contribution in [0.25, 0.3) is 0 Å². The second-order valence-electron chi connectivity index (χ2n) is 7.24. The van der Waals surface area contributed by atoms with E-state index in [1.54, 1.807) is 69.3 Å². The third-order valence-electron chi connectivity index (χ3n) is 4.95. The van der Waals surface area contributed by atoms with Crippen molar-refractivity contribution in [3.8, 4) is 0 Å². The minimum atomic E-state index is -0.722. The van der Waals surface area contributed by atoms with Gasteiger partial charge in [0.15, 0.2) is 12.4 Å². The van der Waals surface area contributed by atoms with E-state index in [1.165, 1.54) is 0 Å². The number of anilines is 1.